The van der Waals surface area contributed by atoms with Gasteiger partial charge in [0.1, 0.15) is 11.1 Å². The second-order valence-corrected chi connectivity index (χ2v) is 7.16. The van der Waals surface area contributed by atoms with Crippen molar-refractivity contribution in [2.75, 3.05) is 13.6 Å². The highest BCUT2D eigenvalue weighted by Crippen LogP contribution is 2.60. The highest BCUT2D eigenvalue weighted by Gasteiger charge is 2.72. The summed E-state index contributed by atoms with van der Waals surface area (Å²) in [6.07, 6.45) is 0.601. The van der Waals surface area contributed by atoms with Gasteiger partial charge in [0.15, 0.2) is 5.78 Å². The summed E-state index contributed by atoms with van der Waals surface area (Å²) in [7, 11) is 1.85. The first-order chi connectivity index (χ1) is 8.02. The average molecular weight is 253 g/mol. The van der Waals surface area contributed by atoms with Crippen molar-refractivity contribution < 1.29 is 14.3 Å². The fraction of sp³-hybridized carbons (Fsp3) is 0.857. The molecule has 0 aromatic carbocycles. The van der Waals surface area contributed by atoms with Crippen LogP contribution in [0.25, 0.3) is 0 Å². The maximum absolute atomic E-state index is 12.5. The van der Waals surface area contributed by atoms with Crippen molar-refractivity contribution in [2.45, 2.75) is 52.2 Å². The summed E-state index contributed by atoms with van der Waals surface area (Å²) in [5.74, 6) is 0.0559. The van der Waals surface area contributed by atoms with E-state index in [1.165, 1.54) is 0 Å². The first-order valence-electron chi connectivity index (χ1n) is 6.50. The van der Waals surface area contributed by atoms with Gasteiger partial charge in [-0.15, -0.1) is 0 Å². The molecule has 2 saturated heterocycles. The minimum absolute atomic E-state index is 0.00113. The quantitative estimate of drug-likeness (QED) is 0.666. The van der Waals surface area contributed by atoms with Gasteiger partial charge in [0, 0.05) is 11.3 Å². The molecule has 0 N–H and O–H groups in total. The number of rotatable bonds is 1. The number of ether oxygens (including phenoxy) is 1. The average Bonchev–Trinajstić information content (AvgIpc) is 2.12. The Morgan fingerprint density at radius 3 is 2.33 bits per heavy atom. The van der Waals surface area contributed by atoms with Crippen molar-refractivity contribution in [1.29, 1.82) is 0 Å². The van der Waals surface area contributed by atoms with Crippen molar-refractivity contribution in [3.8, 4) is 0 Å². The number of carbonyl (C=O) groups excluding carboxylic acids is 2. The number of Topliss-reactive ketones (excluding diaryl/α,β-unsaturated/α-hetero) is 1. The number of likely N-dealkylation sites (N-methyl/N-ethyl adjacent to an activating group) is 1. The van der Waals surface area contributed by atoms with Gasteiger partial charge in [0.25, 0.3) is 0 Å². The third-order valence-electron chi connectivity index (χ3n) is 4.61. The molecule has 3 aliphatic rings. The summed E-state index contributed by atoms with van der Waals surface area (Å²) >= 11 is 0. The third-order valence-corrected chi connectivity index (χ3v) is 4.61. The predicted octanol–water partition coefficient (Wildman–Crippen LogP) is 1.63. The number of piperidine rings is 2. The van der Waals surface area contributed by atoms with Crippen molar-refractivity contribution >= 4 is 11.8 Å². The molecule has 2 aliphatic heterocycles. The van der Waals surface area contributed by atoms with Gasteiger partial charge < -0.3 is 4.74 Å². The zero-order chi connectivity index (χ0) is 13.9. The van der Waals surface area contributed by atoms with Crippen LogP contribution in [0.3, 0.4) is 0 Å². The molecule has 0 spiro atoms. The first kappa shape index (κ1) is 13.5. The molecule has 0 amide bonds. The number of esters is 1. The Bertz CT molecular complexity index is 408. The summed E-state index contributed by atoms with van der Waals surface area (Å²) in [4.78, 5) is 26.3. The van der Waals surface area contributed by atoms with E-state index in [0.29, 0.717) is 13.0 Å². The van der Waals surface area contributed by atoms with Crippen LogP contribution < -0.4 is 0 Å². The van der Waals surface area contributed by atoms with E-state index in [4.69, 9.17) is 4.74 Å². The maximum Gasteiger partial charge on any atom is 0.327 e. The van der Waals surface area contributed by atoms with Gasteiger partial charge in [0.05, 0.1) is 6.54 Å². The van der Waals surface area contributed by atoms with Gasteiger partial charge in [-0.2, -0.15) is 0 Å². The Kier molecular flexibility index (Phi) is 2.68. The van der Waals surface area contributed by atoms with Gasteiger partial charge >= 0.3 is 5.97 Å². The van der Waals surface area contributed by atoms with E-state index in [0.717, 1.165) is 0 Å². The monoisotopic (exact) mass is 253 g/mol. The van der Waals surface area contributed by atoms with Crippen molar-refractivity contribution in [3.05, 3.63) is 0 Å². The summed E-state index contributed by atoms with van der Waals surface area (Å²) in [5, 5.41) is 0. The van der Waals surface area contributed by atoms with Crippen molar-refractivity contribution in [1.82, 2.24) is 4.90 Å². The second kappa shape index (κ2) is 3.56. The lowest BCUT2D eigenvalue weighted by atomic mass is 9.45. The molecule has 0 aromatic heterocycles. The molecule has 4 nitrogen and oxygen atoms in total. The van der Waals surface area contributed by atoms with Crippen LogP contribution in [0.2, 0.25) is 0 Å². The molecule has 4 heteroatoms. The van der Waals surface area contributed by atoms with Gasteiger partial charge in [-0.3, -0.25) is 9.69 Å². The van der Waals surface area contributed by atoms with Gasteiger partial charge in [-0.1, -0.05) is 13.8 Å². The highest BCUT2D eigenvalue weighted by molar-refractivity contribution is 5.95. The van der Waals surface area contributed by atoms with Crippen LogP contribution in [-0.4, -0.2) is 41.4 Å². The second-order valence-electron chi connectivity index (χ2n) is 7.16. The molecule has 3 rings (SSSR count). The molecule has 1 saturated carbocycles. The standard InChI is InChI=1S/C14H23NO3/c1-12(2,3)18-11(17)14-7-9(13(14,4)5)10(16)8-15(14)6/h9H,7-8H2,1-6H3. The molecule has 3 fully saturated rings. The Labute approximate surface area is 109 Å². The minimum atomic E-state index is -0.626. The topological polar surface area (TPSA) is 46.6 Å². The molecule has 2 unspecified atom stereocenters. The van der Waals surface area contributed by atoms with E-state index < -0.39 is 11.1 Å². The Morgan fingerprint density at radius 2 is 1.94 bits per heavy atom. The van der Waals surface area contributed by atoms with E-state index in [1.807, 2.05) is 46.6 Å². The van der Waals surface area contributed by atoms with E-state index in [9.17, 15) is 9.59 Å². The zero-order valence-corrected chi connectivity index (χ0v) is 12.2. The van der Waals surface area contributed by atoms with Crippen LogP contribution in [0.5, 0.6) is 0 Å². The van der Waals surface area contributed by atoms with Gasteiger partial charge in [-0.25, -0.2) is 4.79 Å². The van der Waals surface area contributed by atoms with Crippen LogP contribution in [0, 0.1) is 11.3 Å². The normalized spacial score (nSPS) is 35.0. The summed E-state index contributed by atoms with van der Waals surface area (Å²) in [6, 6.07) is 0. The summed E-state index contributed by atoms with van der Waals surface area (Å²) in [5.41, 5.74) is -1.45. The van der Waals surface area contributed by atoms with Gasteiger partial charge in [-0.05, 0) is 34.2 Å². The van der Waals surface area contributed by atoms with E-state index in [2.05, 4.69) is 0 Å². The number of nitrogens with zero attached hydrogens (tertiary/aromatic N) is 1. The van der Waals surface area contributed by atoms with Crippen LogP contribution in [-0.2, 0) is 14.3 Å². The number of carbonyl (C=O) groups is 2. The van der Waals surface area contributed by atoms with Crippen molar-refractivity contribution in [3.63, 3.8) is 0 Å². The molecule has 0 radical (unpaired) electrons. The van der Waals surface area contributed by atoms with Crippen LogP contribution in [0.15, 0.2) is 0 Å². The number of hydrogen-bond acceptors (Lipinski definition) is 4. The molecular weight excluding hydrogens is 230 g/mol. The molecular formula is C14H23NO3. The lowest BCUT2D eigenvalue weighted by Gasteiger charge is -2.66. The third kappa shape index (κ3) is 1.54. The fourth-order valence-corrected chi connectivity index (χ4v) is 3.48. The molecule has 2 heterocycles. The van der Waals surface area contributed by atoms with Gasteiger partial charge in [0.2, 0.25) is 0 Å². The molecule has 2 bridgehead atoms. The molecule has 18 heavy (non-hydrogen) atoms. The number of hydrogen-bond donors (Lipinski definition) is 0. The summed E-state index contributed by atoms with van der Waals surface area (Å²) in [6.45, 7) is 9.97. The SMILES string of the molecule is CN1CC(=O)C2CC1(C(=O)OC(C)(C)C)C2(C)C. The molecule has 102 valence electrons. The van der Waals surface area contributed by atoms with Crippen LogP contribution >= 0.6 is 0 Å². The lowest BCUT2D eigenvalue weighted by molar-refractivity contribution is -0.218. The molecule has 0 aromatic rings. The maximum atomic E-state index is 12.5. The molecule has 1 aliphatic carbocycles. The zero-order valence-electron chi connectivity index (χ0n) is 12.2. The van der Waals surface area contributed by atoms with E-state index in [-0.39, 0.29) is 23.1 Å². The molecule has 2 atom stereocenters. The van der Waals surface area contributed by atoms with Crippen LogP contribution in [0.4, 0.5) is 0 Å². The number of fused-ring (bicyclic) bond motifs is 2. The Balaban J connectivity index is 2.31. The summed E-state index contributed by atoms with van der Waals surface area (Å²) < 4.78 is 5.57. The lowest BCUT2D eigenvalue weighted by Crippen LogP contribution is -2.79. The van der Waals surface area contributed by atoms with Crippen LogP contribution in [0.1, 0.15) is 41.0 Å². The first-order valence-corrected chi connectivity index (χ1v) is 6.50. The van der Waals surface area contributed by atoms with E-state index in [1.54, 1.807) is 0 Å². The van der Waals surface area contributed by atoms with Crippen molar-refractivity contribution in [2.24, 2.45) is 11.3 Å². The fourth-order valence-electron chi connectivity index (χ4n) is 3.48. The van der Waals surface area contributed by atoms with E-state index >= 15 is 0 Å². The highest BCUT2D eigenvalue weighted by atomic mass is 16.6. The Hall–Kier alpha value is -0.900. The smallest absolute Gasteiger partial charge is 0.327 e. The number of ketones is 1. The minimum Gasteiger partial charge on any atom is -0.459 e. The predicted molar refractivity (Wildman–Crippen MR) is 68.1 cm³/mol. The largest absolute Gasteiger partial charge is 0.459 e. The Morgan fingerprint density at radius 1 is 1.39 bits per heavy atom.